The van der Waals surface area contributed by atoms with E-state index in [1.807, 2.05) is 26.0 Å². The first-order valence-corrected chi connectivity index (χ1v) is 7.90. The van der Waals surface area contributed by atoms with Gasteiger partial charge in [0.1, 0.15) is 0 Å². The van der Waals surface area contributed by atoms with Crippen LogP contribution in [0.15, 0.2) is 27.6 Å². The summed E-state index contributed by atoms with van der Waals surface area (Å²) in [6.07, 6.45) is 2.93. The minimum Gasteiger partial charge on any atom is -0.207 e. The fourth-order valence-corrected chi connectivity index (χ4v) is 4.30. The molecule has 1 saturated carbocycles. The maximum atomic E-state index is 12.3. The van der Waals surface area contributed by atoms with Crippen molar-refractivity contribution in [1.82, 2.24) is 4.72 Å². The standard InChI is InChI=1S/C12H16BrNO2S/c1-9-4-5-10(13)8-11(9)17(15,16)14-12(2)6-3-7-12/h4-5,8,14H,3,6-7H2,1-2H3. The molecule has 94 valence electrons. The topological polar surface area (TPSA) is 46.2 Å². The number of benzene rings is 1. The molecule has 5 heteroatoms. The first kappa shape index (κ1) is 13.1. The van der Waals surface area contributed by atoms with Crippen LogP contribution in [0.3, 0.4) is 0 Å². The average molecular weight is 318 g/mol. The van der Waals surface area contributed by atoms with Crippen molar-refractivity contribution in [2.24, 2.45) is 0 Å². The van der Waals surface area contributed by atoms with Crippen molar-refractivity contribution in [3.63, 3.8) is 0 Å². The first-order chi connectivity index (χ1) is 7.82. The van der Waals surface area contributed by atoms with Gasteiger partial charge >= 0.3 is 0 Å². The normalized spacial score (nSPS) is 18.8. The Kier molecular flexibility index (Phi) is 3.36. The molecule has 3 nitrogen and oxygen atoms in total. The van der Waals surface area contributed by atoms with Crippen LogP contribution in [0.5, 0.6) is 0 Å². The lowest BCUT2D eigenvalue weighted by molar-refractivity contribution is 0.248. The van der Waals surface area contributed by atoms with E-state index < -0.39 is 10.0 Å². The summed E-state index contributed by atoms with van der Waals surface area (Å²) < 4.78 is 28.1. The fraction of sp³-hybridized carbons (Fsp3) is 0.500. The van der Waals surface area contributed by atoms with Crippen LogP contribution in [0.2, 0.25) is 0 Å². The minimum atomic E-state index is -3.41. The Balaban J connectivity index is 2.34. The van der Waals surface area contributed by atoms with Gasteiger partial charge in [-0.2, -0.15) is 0 Å². The molecule has 0 heterocycles. The Labute approximate surface area is 111 Å². The maximum Gasteiger partial charge on any atom is 0.241 e. The van der Waals surface area contributed by atoms with Gasteiger partial charge < -0.3 is 0 Å². The average Bonchev–Trinajstić information content (AvgIpc) is 2.18. The van der Waals surface area contributed by atoms with E-state index in [4.69, 9.17) is 0 Å². The van der Waals surface area contributed by atoms with Crippen molar-refractivity contribution >= 4 is 26.0 Å². The Hall–Kier alpha value is -0.390. The zero-order chi connectivity index (χ0) is 12.7. The highest BCUT2D eigenvalue weighted by molar-refractivity contribution is 9.10. The molecule has 17 heavy (non-hydrogen) atoms. The smallest absolute Gasteiger partial charge is 0.207 e. The predicted molar refractivity (Wildman–Crippen MR) is 71.5 cm³/mol. The predicted octanol–water partition coefficient (Wildman–Crippen LogP) is 2.98. The number of hydrogen-bond acceptors (Lipinski definition) is 2. The summed E-state index contributed by atoms with van der Waals surface area (Å²) in [7, 11) is -3.41. The van der Waals surface area contributed by atoms with Crippen molar-refractivity contribution < 1.29 is 8.42 Å². The van der Waals surface area contributed by atoms with Gasteiger partial charge in [-0.25, -0.2) is 13.1 Å². The summed E-state index contributed by atoms with van der Waals surface area (Å²) >= 11 is 3.31. The number of aryl methyl sites for hydroxylation is 1. The summed E-state index contributed by atoms with van der Waals surface area (Å²) in [4.78, 5) is 0.361. The molecule has 0 spiro atoms. The second-order valence-electron chi connectivity index (χ2n) is 4.93. The number of rotatable bonds is 3. The van der Waals surface area contributed by atoms with Gasteiger partial charge in [-0.15, -0.1) is 0 Å². The number of sulfonamides is 1. The van der Waals surface area contributed by atoms with Gasteiger partial charge in [0.05, 0.1) is 4.90 Å². The lowest BCUT2D eigenvalue weighted by Gasteiger charge is -2.38. The van der Waals surface area contributed by atoms with Crippen LogP contribution < -0.4 is 4.72 Å². The van der Waals surface area contributed by atoms with E-state index >= 15 is 0 Å². The molecular formula is C12H16BrNO2S. The summed E-state index contributed by atoms with van der Waals surface area (Å²) in [5, 5.41) is 0. The third kappa shape index (κ3) is 2.72. The molecule has 1 aliphatic carbocycles. The Morgan fingerprint density at radius 2 is 2.00 bits per heavy atom. The van der Waals surface area contributed by atoms with E-state index in [0.29, 0.717) is 4.90 Å². The quantitative estimate of drug-likeness (QED) is 0.931. The van der Waals surface area contributed by atoms with Crippen LogP contribution in [-0.2, 0) is 10.0 Å². The van der Waals surface area contributed by atoms with Crippen LogP contribution in [0.25, 0.3) is 0 Å². The van der Waals surface area contributed by atoms with Gasteiger partial charge in [-0.05, 0) is 50.8 Å². The number of halogens is 1. The second-order valence-corrected chi connectivity index (χ2v) is 7.50. The van der Waals surface area contributed by atoms with Crippen molar-refractivity contribution in [2.45, 2.75) is 43.5 Å². The van der Waals surface area contributed by atoms with Gasteiger partial charge in [-0.3, -0.25) is 0 Å². The molecule has 1 aliphatic rings. The van der Waals surface area contributed by atoms with E-state index in [1.54, 1.807) is 6.07 Å². The van der Waals surface area contributed by atoms with Crippen LogP contribution in [0.1, 0.15) is 31.7 Å². The second kappa shape index (κ2) is 4.37. The monoisotopic (exact) mass is 317 g/mol. The van der Waals surface area contributed by atoms with Gasteiger partial charge in [0, 0.05) is 10.0 Å². The van der Waals surface area contributed by atoms with Gasteiger partial charge in [0.15, 0.2) is 0 Å². The van der Waals surface area contributed by atoms with Gasteiger partial charge in [-0.1, -0.05) is 22.0 Å². The third-order valence-corrected chi connectivity index (χ3v) is 5.55. The van der Waals surface area contributed by atoms with E-state index in [1.165, 1.54) is 0 Å². The van der Waals surface area contributed by atoms with E-state index in [9.17, 15) is 8.42 Å². The van der Waals surface area contributed by atoms with E-state index in [-0.39, 0.29) is 5.54 Å². The van der Waals surface area contributed by atoms with Gasteiger partial charge in [0.25, 0.3) is 0 Å². The summed E-state index contributed by atoms with van der Waals surface area (Å²) in [5.41, 5.74) is 0.511. The lowest BCUT2D eigenvalue weighted by atomic mass is 9.80. The van der Waals surface area contributed by atoms with E-state index in [2.05, 4.69) is 20.7 Å². The fourth-order valence-electron chi connectivity index (χ4n) is 2.05. The van der Waals surface area contributed by atoms with Crippen LogP contribution in [0, 0.1) is 6.92 Å². The molecule has 0 saturated heterocycles. The molecule has 1 aromatic rings. The van der Waals surface area contributed by atoms with Crippen molar-refractivity contribution in [1.29, 1.82) is 0 Å². The van der Waals surface area contributed by atoms with Crippen LogP contribution in [0.4, 0.5) is 0 Å². The SMILES string of the molecule is Cc1ccc(Br)cc1S(=O)(=O)NC1(C)CCC1. The molecule has 0 aromatic heterocycles. The third-order valence-electron chi connectivity index (χ3n) is 3.28. The molecule has 2 rings (SSSR count). The van der Waals surface area contributed by atoms with E-state index in [0.717, 1.165) is 29.3 Å². The molecule has 1 fully saturated rings. The molecule has 0 atom stereocenters. The molecule has 0 radical (unpaired) electrons. The Morgan fingerprint density at radius 1 is 1.35 bits per heavy atom. The van der Waals surface area contributed by atoms with Crippen molar-refractivity contribution in [3.8, 4) is 0 Å². The molecule has 0 unspecified atom stereocenters. The first-order valence-electron chi connectivity index (χ1n) is 5.63. The highest BCUT2D eigenvalue weighted by Gasteiger charge is 2.36. The summed E-state index contributed by atoms with van der Waals surface area (Å²) in [6, 6.07) is 5.31. The van der Waals surface area contributed by atoms with Crippen molar-refractivity contribution in [3.05, 3.63) is 28.2 Å². The Morgan fingerprint density at radius 3 is 2.53 bits per heavy atom. The lowest BCUT2D eigenvalue weighted by Crippen LogP contribution is -2.50. The maximum absolute atomic E-state index is 12.3. The Bertz CT molecular complexity index is 535. The molecular weight excluding hydrogens is 302 g/mol. The highest BCUT2D eigenvalue weighted by Crippen LogP contribution is 2.33. The summed E-state index contributed by atoms with van der Waals surface area (Å²) in [6.45, 7) is 3.77. The zero-order valence-electron chi connectivity index (χ0n) is 9.96. The number of hydrogen-bond donors (Lipinski definition) is 1. The summed E-state index contributed by atoms with van der Waals surface area (Å²) in [5.74, 6) is 0. The van der Waals surface area contributed by atoms with Gasteiger partial charge in [0.2, 0.25) is 10.0 Å². The highest BCUT2D eigenvalue weighted by atomic mass is 79.9. The van der Waals surface area contributed by atoms with Crippen LogP contribution in [-0.4, -0.2) is 14.0 Å². The molecule has 1 aromatic carbocycles. The molecule has 0 amide bonds. The van der Waals surface area contributed by atoms with Crippen molar-refractivity contribution in [2.75, 3.05) is 0 Å². The minimum absolute atomic E-state index is 0.256. The number of nitrogens with one attached hydrogen (secondary N) is 1. The largest absolute Gasteiger partial charge is 0.241 e. The zero-order valence-corrected chi connectivity index (χ0v) is 12.4. The molecule has 0 bridgehead atoms. The molecule has 1 N–H and O–H groups in total. The molecule has 0 aliphatic heterocycles. The van der Waals surface area contributed by atoms with Crippen LogP contribution >= 0.6 is 15.9 Å².